The number of hydrogen-bond donors (Lipinski definition) is 0. The molecule has 2 aliphatic heterocycles. The van der Waals surface area contributed by atoms with E-state index in [2.05, 4.69) is 11.1 Å². The molecule has 1 aromatic rings. The van der Waals surface area contributed by atoms with Gasteiger partial charge in [-0.05, 0) is 69.7 Å². The lowest BCUT2D eigenvalue weighted by atomic mass is 9.95. The molecule has 4 nitrogen and oxygen atoms in total. The minimum atomic E-state index is -0.455. The second kappa shape index (κ2) is 5.75. The summed E-state index contributed by atoms with van der Waals surface area (Å²) in [4.78, 5) is 18.7. The van der Waals surface area contributed by atoms with E-state index in [1.165, 1.54) is 5.57 Å². The number of carbonyl (C=O) groups excluding carboxylic acids is 1. The Morgan fingerprint density at radius 2 is 1.95 bits per heavy atom. The van der Waals surface area contributed by atoms with Crippen LogP contribution in [0.5, 0.6) is 0 Å². The van der Waals surface area contributed by atoms with Gasteiger partial charge in [-0.25, -0.2) is 4.79 Å². The Bertz CT molecular complexity index is 574. The van der Waals surface area contributed by atoms with E-state index < -0.39 is 5.60 Å². The third-order valence-corrected chi connectivity index (χ3v) is 4.34. The predicted octanol–water partition coefficient (Wildman–Crippen LogP) is 4.03. The van der Waals surface area contributed by atoms with Crippen molar-refractivity contribution >= 4 is 11.7 Å². The van der Waals surface area contributed by atoms with Crippen LogP contribution in [-0.4, -0.2) is 33.7 Å². The fourth-order valence-corrected chi connectivity index (χ4v) is 3.48. The molecule has 1 aromatic heterocycles. The molecule has 2 unspecified atom stereocenters. The molecule has 3 heterocycles. The van der Waals surface area contributed by atoms with Crippen LogP contribution in [0.15, 0.2) is 30.6 Å². The van der Waals surface area contributed by atoms with E-state index in [9.17, 15) is 4.79 Å². The molecule has 22 heavy (non-hydrogen) atoms. The van der Waals surface area contributed by atoms with Gasteiger partial charge in [0.25, 0.3) is 0 Å². The smallest absolute Gasteiger partial charge is 0.411 e. The Balaban J connectivity index is 1.89. The van der Waals surface area contributed by atoms with Crippen LogP contribution < -0.4 is 0 Å². The lowest BCUT2D eigenvalue weighted by Crippen LogP contribution is -2.44. The molecule has 2 aliphatic rings. The number of pyridine rings is 1. The summed E-state index contributed by atoms with van der Waals surface area (Å²) in [6, 6.07) is 4.48. The zero-order chi connectivity index (χ0) is 15.7. The second-order valence-electron chi connectivity index (χ2n) is 7.11. The Labute approximate surface area is 132 Å². The second-order valence-corrected chi connectivity index (χ2v) is 7.11. The van der Waals surface area contributed by atoms with Crippen LogP contribution in [0.4, 0.5) is 4.79 Å². The topological polar surface area (TPSA) is 42.4 Å². The van der Waals surface area contributed by atoms with Gasteiger partial charge in [0.15, 0.2) is 0 Å². The summed E-state index contributed by atoms with van der Waals surface area (Å²) < 4.78 is 5.65. The molecule has 0 aliphatic carbocycles. The zero-order valence-electron chi connectivity index (χ0n) is 13.6. The summed E-state index contributed by atoms with van der Waals surface area (Å²) in [6.07, 6.45) is 9.84. The maximum atomic E-state index is 12.7. The molecule has 0 N–H and O–H groups in total. The molecule has 4 heteroatoms. The summed E-state index contributed by atoms with van der Waals surface area (Å²) in [7, 11) is 0. The average Bonchev–Trinajstić information content (AvgIpc) is 2.74. The number of carbonyl (C=O) groups is 1. The number of nitrogens with zero attached hydrogens (tertiary/aromatic N) is 2. The van der Waals surface area contributed by atoms with Crippen LogP contribution in [0.2, 0.25) is 0 Å². The molecular formula is C18H24N2O2. The first kappa shape index (κ1) is 15.1. The van der Waals surface area contributed by atoms with Crippen LogP contribution in [0.1, 0.15) is 52.0 Å². The van der Waals surface area contributed by atoms with Gasteiger partial charge in [0.05, 0.1) is 6.04 Å². The molecule has 3 rings (SSSR count). The van der Waals surface area contributed by atoms with E-state index in [1.807, 2.05) is 50.2 Å². The Kier molecular flexibility index (Phi) is 3.94. The summed E-state index contributed by atoms with van der Waals surface area (Å²) in [5.41, 5.74) is 1.95. The highest BCUT2D eigenvalue weighted by Crippen LogP contribution is 2.39. The van der Waals surface area contributed by atoms with Crippen LogP contribution in [0.3, 0.4) is 0 Å². The van der Waals surface area contributed by atoms with Crippen molar-refractivity contribution in [1.29, 1.82) is 0 Å². The van der Waals surface area contributed by atoms with Gasteiger partial charge in [0, 0.05) is 18.4 Å². The summed E-state index contributed by atoms with van der Waals surface area (Å²) in [5.74, 6) is 0. The van der Waals surface area contributed by atoms with E-state index in [-0.39, 0.29) is 12.1 Å². The number of rotatable bonds is 1. The normalized spacial score (nSPS) is 24.7. The zero-order valence-corrected chi connectivity index (χ0v) is 13.6. The van der Waals surface area contributed by atoms with Crippen LogP contribution >= 0.6 is 0 Å². The molecule has 118 valence electrons. The molecule has 0 radical (unpaired) electrons. The number of aromatic nitrogens is 1. The highest BCUT2D eigenvalue weighted by molar-refractivity contribution is 5.78. The molecule has 1 amide bonds. The number of allylic oxidation sites excluding steroid dienone is 1. The number of hydrogen-bond acceptors (Lipinski definition) is 3. The van der Waals surface area contributed by atoms with Crippen molar-refractivity contribution in [2.24, 2.45) is 0 Å². The largest absolute Gasteiger partial charge is 0.444 e. The first-order valence-electron chi connectivity index (χ1n) is 8.07. The van der Waals surface area contributed by atoms with Crippen LogP contribution in [0.25, 0.3) is 5.57 Å². The van der Waals surface area contributed by atoms with E-state index >= 15 is 0 Å². The van der Waals surface area contributed by atoms with Crippen LogP contribution in [0, 0.1) is 0 Å². The maximum absolute atomic E-state index is 12.7. The van der Waals surface area contributed by atoms with Gasteiger partial charge in [-0.2, -0.15) is 0 Å². The van der Waals surface area contributed by atoms with Gasteiger partial charge in [-0.15, -0.1) is 0 Å². The van der Waals surface area contributed by atoms with Gasteiger partial charge in [0.2, 0.25) is 0 Å². The van der Waals surface area contributed by atoms with Crippen LogP contribution in [-0.2, 0) is 4.74 Å². The molecule has 2 atom stereocenters. The fraction of sp³-hybridized carbons (Fsp3) is 0.556. The highest BCUT2D eigenvalue weighted by atomic mass is 16.6. The summed E-state index contributed by atoms with van der Waals surface area (Å²) >= 11 is 0. The van der Waals surface area contributed by atoms with Gasteiger partial charge in [-0.1, -0.05) is 6.08 Å². The van der Waals surface area contributed by atoms with E-state index in [1.54, 1.807) is 0 Å². The average molecular weight is 300 g/mol. The van der Waals surface area contributed by atoms with E-state index in [0.29, 0.717) is 6.04 Å². The van der Waals surface area contributed by atoms with Crippen molar-refractivity contribution in [3.05, 3.63) is 36.2 Å². The Hall–Kier alpha value is -1.84. The molecular weight excluding hydrogens is 276 g/mol. The number of amides is 1. The molecule has 1 fully saturated rings. The molecule has 2 bridgehead atoms. The van der Waals surface area contributed by atoms with Crippen molar-refractivity contribution in [3.63, 3.8) is 0 Å². The van der Waals surface area contributed by atoms with Crippen molar-refractivity contribution in [2.75, 3.05) is 0 Å². The maximum Gasteiger partial charge on any atom is 0.411 e. The molecule has 0 saturated carbocycles. The van der Waals surface area contributed by atoms with Crippen molar-refractivity contribution in [1.82, 2.24) is 9.88 Å². The molecule has 1 saturated heterocycles. The number of ether oxygens (including phenoxy) is 1. The fourth-order valence-electron chi connectivity index (χ4n) is 3.48. The number of fused-ring (bicyclic) bond motifs is 2. The minimum absolute atomic E-state index is 0.129. The van der Waals surface area contributed by atoms with Crippen molar-refractivity contribution < 1.29 is 9.53 Å². The first-order valence-corrected chi connectivity index (χ1v) is 8.07. The SMILES string of the molecule is CC(C)(C)OC(=O)N1C2CCC=C(c3ccncc3)C1CC2. The highest BCUT2D eigenvalue weighted by Gasteiger charge is 2.42. The lowest BCUT2D eigenvalue weighted by Gasteiger charge is -2.32. The summed E-state index contributed by atoms with van der Waals surface area (Å²) in [5, 5.41) is 0. The van der Waals surface area contributed by atoms with Gasteiger partial charge in [0.1, 0.15) is 5.60 Å². The summed E-state index contributed by atoms with van der Waals surface area (Å²) in [6.45, 7) is 5.76. The standard InChI is InChI=1S/C18H24N2O2/c1-18(2,3)22-17(21)20-14-5-4-6-15(16(20)8-7-14)13-9-11-19-12-10-13/h6,9-12,14,16H,4-5,7-8H2,1-3H3. The molecule has 0 spiro atoms. The Morgan fingerprint density at radius 1 is 1.23 bits per heavy atom. The van der Waals surface area contributed by atoms with Gasteiger partial charge in [-0.3, -0.25) is 9.88 Å². The molecule has 0 aromatic carbocycles. The van der Waals surface area contributed by atoms with Gasteiger partial charge >= 0.3 is 6.09 Å². The van der Waals surface area contributed by atoms with Crippen molar-refractivity contribution in [3.8, 4) is 0 Å². The van der Waals surface area contributed by atoms with Gasteiger partial charge < -0.3 is 4.74 Å². The van der Waals surface area contributed by atoms with E-state index in [0.717, 1.165) is 31.2 Å². The quantitative estimate of drug-likeness (QED) is 0.786. The van der Waals surface area contributed by atoms with Crippen molar-refractivity contribution in [2.45, 2.75) is 64.1 Å². The predicted molar refractivity (Wildman–Crippen MR) is 86.3 cm³/mol. The van der Waals surface area contributed by atoms with E-state index in [4.69, 9.17) is 4.74 Å². The third-order valence-electron chi connectivity index (χ3n) is 4.34. The third kappa shape index (κ3) is 3.01. The lowest BCUT2D eigenvalue weighted by molar-refractivity contribution is 0.0185. The minimum Gasteiger partial charge on any atom is -0.444 e. The first-order chi connectivity index (χ1) is 10.5. The Morgan fingerprint density at radius 3 is 2.64 bits per heavy atom. The monoisotopic (exact) mass is 300 g/mol.